The Morgan fingerprint density at radius 3 is 2.30 bits per heavy atom. The summed E-state index contributed by atoms with van der Waals surface area (Å²) in [5, 5.41) is 9.51. The number of hydrazone groups is 1. The lowest BCUT2D eigenvalue weighted by Crippen LogP contribution is -2.52. The van der Waals surface area contributed by atoms with Crippen LogP contribution in [0, 0.1) is 0 Å². The Hall–Kier alpha value is -3.94. The predicted molar refractivity (Wildman–Crippen MR) is 141 cm³/mol. The standard InChI is InChI=1S/C29H32N4O4/c1-28(2,3)37-27(35)31-29(17-8-18-29)21-13-11-19(12-14-21)24-25(20-9-6-5-7-10-20)33-23(30-24)16-15-22(32-33)26(34)36-4/h5-7,9-16,24-25H,8,17-18H2,1-4H3,(H,31,35). The van der Waals surface area contributed by atoms with E-state index in [-0.39, 0.29) is 17.8 Å². The van der Waals surface area contributed by atoms with E-state index in [9.17, 15) is 9.59 Å². The minimum atomic E-state index is -0.552. The van der Waals surface area contributed by atoms with E-state index in [2.05, 4.69) is 34.7 Å². The second-order valence-electron chi connectivity index (χ2n) is 10.6. The summed E-state index contributed by atoms with van der Waals surface area (Å²) in [7, 11) is 1.35. The smallest absolute Gasteiger partial charge is 0.408 e. The van der Waals surface area contributed by atoms with E-state index in [0.29, 0.717) is 5.84 Å². The first-order valence-electron chi connectivity index (χ1n) is 12.6. The van der Waals surface area contributed by atoms with Crippen LogP contribution in [0.15, 0.2) is 76.8 Å². The van der Waals surface area contributed by atoms with Crippen LogP contribution in [-0.2, 0) is 19.8 Å². The van der Waals surface area contributed by atoms with E-state index in [0.717, 1.165) is 36.0 Å². The molecule has 37 heavy (non-hydrogen) atoms. The van der Waals surface area contributed by atoms with Crippen LogP contribution in [0.4, 0.5) is 4.79 Å². The van der Waals surface area contributed by atoms with Crippen molar-refractivity contribution < 1.29 is 19.1 Å². The van der Waals surface area contributed by atoms with Crippen molar-refractivity contribution in [1.29, 1.82) is 0 Å². The third kappa shape index (κ3) is 4.88. The van der Waals surface area contributed by atoms with Gasteiger partial charge in [-0.1, -0.05) is 54.6 Å². The number of methoxy groups -OCH3 is 1. The van der Waals surface area contributed by atoms with Crippen molar-refractivity contribution in [2.75, 3.05) is 7.11 Å². The molecule has 2 aromatic rings. The molecule has 192 valence electrons. The molecule has 5 rings (SSSR count). The number of fused-ring (bicyclic) bond motifs is 1. The first-order valence-corrected chi connectivity index (χ1v) is 12.6. The highest BCUT2D eigenvalue weighted by Gasteiger charge is 2.42. The normalized spacial score (nSPS) is 21.8. The van der Waals surface area contributed by atoms with Crippen molar-refractivity contribution in [3.05, 3.63) is 83.4 Å². The molecule has 0 radical (unpaired) electrons. The largest absolute Gasteiger partial charge is 0.464 e. The molecule has 0 aromatic heterocycles. The number of amides is 1. The lowest BCUT2D eigenvalue weighted by molar-refractivity contribution is -0.132. The molecule has 2 atom stereocenters. The second kappa shape index (κ2) is 9.50. The number of carbonyl (C=O) groups excluding carboxylic acids is 2. The van der Waals surface area contributed by atoms with Gasteiger partial charge in [-0.3, -0.25) is 4.99 Å². The van der Waals surface area contributed by atoms with E-state index in [1.54, 1.807) is 17.2 Å². The van der Waals surface area contributed by atoms with Crippen LogP contribution < -0.4 is 5.32 Å². The van der Waals surface area contributed by atoms with Gasteiger partial charge in [-0.25, -0.2) is 14.6 Å². The SMILES string of the molecule is COC(=O)C1=NN2C(=NC(c3ccc(C4(NC(=O)OC(C)(C)C)CCC4)cc3)C2c2ccccc2)C=C1. The molecule has 2 aliphatic heterocycles. The Morgan fingerprint density at radius 2 is 1.70 bits per heavy atom. The van der Waals surface area contributed by atoms with Gasteiger partial charge in [0.05, 0.1) is 12.6 Å². The highest BCUT2D eigenvalue weighted by atomic mass is 16.6. The number of nitrogens with one attached hydrogen (secondary N) is 1. The molecule has 3 aliphatic rings. The van der Waals surface area contributed by atoms with Crippen molar-refractivity contribution in [3.8, 4) is 0 Å². The summed E-state index contributed by atoms with van der Waals surface area (Å²) < 4.78 is 10.4. The number of ether oxygens (including phenoxy) is 2. The van der Waals surface area contributed by atoms with Gasteiger partial charge in [0.2, 0.25) is 0 Å². The Morgan fingerprint density at radius 1 is 1.00 bits per heavy atom. The number of aliphatic imine (C=N–C) groups is 1. The van der Waals surface area contributed by atoms with Gasteiger partial charge < -0.3 is 14.8 Å². The number of nitrogens with zero attached hydrogens (tertiary/aromatic N) is 3. The minimum Gasteiger partial charge on any atom is -0.464 e. The molecule has 1 N–H and O–H groups in total. The average molecular weight is 501 g/mol. The monoisotopic (exact) mass is 500 g/mol. The van der Waals surface area contributed by atoms with Gasteiger partial charge >= 0.3 is 12.1 Å². The number of esters is 1. The summed E-state index contributed by atoms with van der Waals surface area (Å²) in [5.74, 6) is 0.204. The van der Waals surface area contributed by atoms with Crippen LogP contribution in [-0.4, -0.2) is 41.3 Å². The molecule has 0 spiro atoms. The van der Waals surface area contributed by atoms with Gasteiger partial charge in [-0.05, 0) is 68.9 Å². The van der Waals surface area contributed by atoms with Crippen molar-refractivity contribution in [3.63, 3.8) is 0 Å². The molecule has 2 heterocycles. The molecule has 0 bridgehead atoms. The molecule has 1 fully saturated rings. The summed E-state index contributed by atoms with van der Waals surface area (Å²) >= 11 is 0. The lowest BCUT2D eigenvalue weighted by Gasteiger charge is -2.43. The molecule has 2 aromatic carbocycles. The Kier molecular flexibility index (Phi) is 6.35. The second-order valence-corrected chi connectivity index (χ2v) is 10.6. The first-order chi connectivity index (χ1) is 17.7. The minimum absolute atomic E-state index is 0.218. The van der Waals surface area contributed by atoms with Crippen LogP contribution >= 0.6 is 0 Å². The number of alkyl carbamates (subject to hydrolysis) is 1. The molecule has 1 aliphatic carbocycles. The fourth-order valence-corrected chi connectivity index (χ4v) is 5.04. The zero-order chi connectivity index (χ0) is 26.2. The zero-order valence-corrected chi connectivity index (χ0v) is 21.6. The summed E-state index contributed by atoms with van der Waals surface area (Å²) in [6.45, 7) is 5.59. The van der Waals surface area contributed by atoms with E-state index < -0.39 is 23.2 Å². The van der Waals surface area contributed by atoms with Gasteiger partial charge in [-0.2, -0.15) is 5.10 Å². The quantitative estimate of drug-likeness (QED) is 0.571. The van der Waals surface area contributed by atoms with Crippen LogP contribution in [0.2, 0.25) is 0 Å². The fraction of sp³-hybridized carbons (Fsp3) is 0.379. The molecular formula is C29H32N4O4. The molecule has 8 heteroatoms. The highest BCUT2D eigenvalue weighted by molar-refractivity contribution is 6.42. The van der Waals surface area contributed by atoms with Gasteiger partial charge in [0.15, 0.2) is 5.71 Å². The molecule has 1 amide bonds. The fourth-order valence-electron chi connectivity index (χ4n) is 5.04. The number of benzene rings is 2. The number of hydrogen-bond acceptors (Lipinski definition) is 7. The maximum atomic E-state index is 12.5. The summed E-state index contributed by atoms with van der Waals surface area (Å²) in [5.41, 5.74) is 2.39. The number of rotatable bonds is 5. The van der Waals surface area contributed by atoms with E-state index in [1.807, 2.05) is 51.1 Å². The van der Waals surface area contributed by atoms with Gasteiger partial charge in [0.1, 0.15) is 23.5 Å². The van der Waals surface area contributed by atoms with Gasteiger partial charge in [0.25, 0.3) is 0 Å². The maximum Gasteiger partial charge on any atom is 0.408 e. The van der Waals surface area contributed by atoms with E-state index in [1.165, 1.54) is 7.11 Å². The maximum absolute atomic E-state index is 12.5. The molecule has 1 saturated carbocycles. The number of hydrogen-bond donors (Lipinski definition) is 1. The molecule has 2 unspecified atom stereocenters. The van der Waals surface area contributed by atoms with Crippen LogP contribution in [0.1, 0.15) is 68.8 Å². The van der Waals surface area contributed by atoms with Crippen LogP contribution in [0.3, 0.4) is 0 Å². The third-order valence-corrected chi connectivity index (χ3v) is 6.96. The molecular weight excluding hydrogens is 468 g/mol. The zero-order valence-electron chi connectivity index (χ0n) is 21.6. The van der Waals surface area contributed by atoms with Crippen molar-refractivity contribution in [2.45, 2.75) is 63.3 Å². The van der Waals surface area contributed by atoms with Gasteiger partial charge in [-0.15, -0.1) is 0 Å². The molecule has 8 nitrogen and oxygen atoms in total. The van der Waals surface area contributed by atoms with Crippen LogP contribution in [0.25, 0.3) is 0 Å². The highest BCUT2D eigenvalue weighted by Crippen LogP contribution is 2.45. The first kappa shape index (κ1) is 24.7. The van der Waals surface area contributed by atoms with Crippen LogP contribution in [0.5, 0.6) is 0 Å². The van der Waals surface area contributed by atoms with Crippen molar-refractivity contribution >= 4 is 23.6 Å². The predicted octanol–water partition coefficient (Wildman–Crippen LogP) is 5.19. The third-order valence-electron chi connectivity index (χ3n) is 6.96. The van der Waals surface area contributed by atoms with E-state index in [4.69, 9.17) is 14.5 Å². The lowest BCUT2D eigenvalue weighted by atomic mass is 9.71. The average Bonchev–Trinajstić information content (AvgIpc) is 3.24. The summed E-state index contributed by atoms with van der Waals surface area (Å²) in [6, 6.07) is 17.9. The Bertz CT molecular complexity index is 1270. The number of amidine groups is 1. The van der Waals surface area contributed by atoms with Crippen molar-refractivity contribution in [1.82, 2.24) is 10.3 Å². The number of carbonyl (C=O) groups is 2. The molecule has 0 saturated heterocycles. The summed E-state index contributed by atoms with van der Waals surface area (Å²) in [4.78, 5) is 29.7. The summed E-state index contributed by atoms with van der Waals surface area (Å²) in [6.07, 6.45) is 5.83. The van der Waals surface area contributed by atoms with E-state index >= 15 is 0 Å². The van der Waals surface area contributed by atoms with Crippen molar-refractivity contribution in [2.24, 2.45) is 10.1 Å². The van der Waals surface area contributed by atoms with Gasteiger partial charge in [0, 0.05) is 0 Å². The Balaban J connectivity index is 1.44. The Labute approximate surface area is 217 Å². The topological polar surface area (TPSA) is 92.6 Å².